The van der Waals surface area contributed by atoms with Gasteiger partial charge in [-0.1, -0.05) is 49.2 Å². The third-order valence-corrected chi connectivity index (χ3v) is 5.34. The zero-order valence-corrected chi connectivity index (χ0v) is 17.7. The number of carbonyl (C=O) groups excluding carboxylic acids is 1. The Labute approximate surface area is 174 Å². The van der Waals surface area contributed by atoms with Crippen LogP contribution in [-0.4, -0.2) is 38.5 Å². The Bertz CT molecular complexity index is 836. The van der Waals surface area contributed by atoms with Gasteiger partial charge >= 0.3 is 5.97 Å². The summed E-state index contributed by atoms with van der Waals surface area (Å²) < 4.78 is 1.83. The highest BCUT2D eigenvalue weighted by Gasteiger charge is 2.26. The average molecular weight is 426 g/mol. The molecule has 28 heavy (non-hydrogen) atoms. The molecule has 0 aliphatic rings. The third-order valence-electron chi connectivity index (χ3n) is 4.48. The number of imidazole rings is 1. The number of hydrogen-bond acceptors (Lipinski definition) is 4. The fourth-order valence-corrected chi connectivity index (χ4v) is 3.39. The van der Waals surface area contributed by atoms with Crippen LogP contribution in [-0.2, 0) is 22.6 Å². The number of nitrogens with one attached hydrogen (secondary N) is 1. The molecular weight excluding hydrogens is 401 g/mol. The molecule has 0 fully saturated rings. The number of rotatable bonds is 10. The van der Waals surface area contributed by atoms with Gasteiger partial charge in [-0.2, -0.15) is 0 Å². The molecule has 2 rings (SSSR count). The van der Waals surface area contributed by atoms with Crippen LogP contribution in [0.4, 0.5) is 0 Å². The van der Waals surface area contributed by atoms with Gasteiger partial charge in [0.2, 0.25) is 0 Å². The smallest absolute Gasteiger partial charge is 0.321 e. The van der Waals surface area contributed by atoms with E-state index in [2.05, 4.69) is 10.3 Å². The SMILES string of the molecule is CC(=O)C(CC(C)C)NC(Cc1cncn1Cc1cccc(Cl)c1Cl)C(=O)O. The van der Waals surface area contributed by atoms with Crippen molar-refractivity contribution < 1.29 is 14.7 Å². The van der Waals surface area contributed by atoms with E-state index in [1.54, 1.807) is 18.6 Å². The second kappa shape index (κ2) is 10.0. The molecule has 6 nitrogen and oxygen atoms in total. The van der Waals surface area contributed by atoms with Crippen molar-refractivity contribution in [3.8, 4) is 0 Å². The predicted octanol–water partition coefficient (Wildman–Crippen LogP) is 3.83. The molecule has 152 valence electrons. The Hall–Kier alpha value is -1.89. The number of carboxylic acids is 1. The molecule has 2 N–H and O–H groups in total. The quantitative estimate of drug-likeness (QED) is 0.603. The molecule has 0 saturated heterocycles. The van der Waals surface area contributed by atoms with Gasteiger partial charge in [-0.3, -0.25) is 14.9 Å². The standard InChI is InChI=1S/C20H25Cl2N3O3/c1-12(2)7-17(13(3)26)24-18(20(27)28)8-15-9-23-11-25(15)10-14-5-4-6-16(21)19(14)22/h4-6,9,11-12,17-18,24H,7-8,10H2,1-3H3,(H,27,28). The van der Waals surface area contributed by atoms with Gasteiger partial charge in [-0.05, 0) is 30.9 Å². The summed E-state index contributed by atoms with van der Waals surface area (Å²) in [6.45, 7) is 5.89. The largest absolute Gasteiger partial charge is 0.480 e. The summed E-state index contributed by atoms with van der Waals surface area (Å²) >= 11 is 12.3. The fraction of sp³-hybridized carbons (Fsp3) is 0.450. The predicted molar refractivity (Wildman–Crippen MR) is 110 cm³/mol. The van der Waals surface area contributed by atoms with E-state index in [1.807, 2.05) is 30.5 Å². The highest BCUT2D eigenvalue weighted by molar-refractivity contribution is 6.42. The summed E-state index contributed by atoms with van der Waals surface area (Å²) in [6, 6.07) is 3.98. The van der Waals surface area contributed by atoms with Gasteiger partial charge in [0.15, 0.2) is 0 Å². The minimum Gasteiger partial charge on any atom is -0.480 e. The lowest BCUT2D eigenvalue weighted by Crippen LogP contribution is -2.48. The maximum atomic E-state index is 11.9. The molecule has 0 radical (unpaired) electrons. The number of halogens is 2. The first-order valence-corrected chi connectivity index (χ1v) is 9.85. The Morgan fingerprint density at radius 2 is 1.96 bits per heavy atom. The topological polar surface area (TPSA) is 84.2 Å². The zero-order valence-electron chi connectivity index (χ0n) is 16.2. The van der Waals surface area contributed by atoms with Crippen molar-refractivity contribution in [2.24, 2.45) is 5.92 Å². The monoisotopic (exact) mass is 425 g/mol. The maximum Gasteiger partial charge on any atom is 0.321 e. The fourth-order valence-electron chi connectivity index (χ4n) is 3.01. The summed E-state index contributed by atoms with van der Waals surface area (Å²) in [4.78, 5) is 27.9. The van der Waals surface area contributed by atoms with Gasteiger partial charge in [0.25, 0.3) is 0 Å². The van der Waals surface area contributed by atoms with Crippen LogP contribution in [0.5, 0.6) is 0 Å². The number of benzene rings is 1. The molecule has 2 aromatic rings. The minimum atomic E-state index is -1.01. The van der Waals surface area contributed by atoms with Crippen molar-refractivity contribution in [2.75, 3.05) is 0 Å². The van der Waals surface area contributed by atoms with Crippen molar-refractivity contribution in [1.29, 1.82) is 0 Å². The van der Waals surface area contributed by atoms with Gasteiger partial charge in [-0.15, -0.1) is 0 Å². The highest BCUT2D eigenvalue weighted by Crippen LogP contribution is 2.26. The van der Waals surface area contributed by atoms with Gasteiger partial charge in [-0.25, -0.2) is 4.98 Å². The molecule has 1 heterocycles. The number of aromatic nitrogens is 2. The molecule has 8 heteroatoms. The number of Topliss-reactive ketones (excluding diaryl/α,β-unsaturated/α-hetero) is 1. The van der Waals surface area contributed by atoms with Gasteiger partial charge < -0.3 is 9.67 Å². The van der Waals surface area contributed by atoms with E-state index >= 15 is 0 Å². The molecular formula is C20H25Cl2N3O3. The van der Waals surface area contributed by atoms with E-state index in [4.69, 9.17) is 23.2 Å². The first-order chi connectivity index (χ1) is 13.2. The minimum absolute atomic E-state index is 0.0702. The maximum absolute atomic E-state index is 11.9. The van der Waals surface area contributed by atoms with Crippen molar-refractivity contribution in [2.45, 2.75) is 52.2 Å². The lowest BCUT2D eigenvalue weighted by atomic mass is 9.99. The number of carboxylic acid groups (broad SMARTS) is 1. The van der Waals surface area contributed by atoms with E-state index in [9.17, 15) is 14.7 Å². The first-order valence-electron chi connectivity index (χ1n) is 9.10. The number of carbonyl (C=O) groups is 2. The van der Waals surface area contributed by atoms with Crippen molar-refractivity contribution in [3.63, 3.8) is 0 Å². The van der Waals surface area contributed by atoms with E-state index in [0.717, 1.165) is 11.3 Å². The van der Waals surface area contributed by atoms with Crippen LogP contribution >= 0.6 is 23.2 Å². The van der Waals surface area contributed by atoms with Crippen molar-refractivity contribution in [3.05, 3.63) is 52.0 Å². The normalized spacial score (nSPS) is 13.5. The molecule has 0 amide bonds. The second-order valence-corrected chi connectivity index (χ2v) is 8.07. The first kappa shape index (κ1) is 22.4. The molecule has 1 aromatic carbocycles. The Kier molecular flexibility index (Phi) is 8.04. The molecule has 0 aliphatic carbocycles. The summed E-state index contributed by atoms with van der Waals surface area (Å²) in [5, 5.41) is 13.6. The average Bonchev–Trinajstić information content (AvgIpc) is 3.03. The third kappa shape index (κ3) is 6.06. The van der Waals surface area contributed by atoms with E-state index in [1.165, 1.54) is 6.92 Å². The number of nitrogens with zero attached hydrogens (tertiary/aromatic N) is 2. The van der Waals surface area contributed by atoms with Crippen molar-refractivity contribution in [1.82, 2.24) is 14.9 Å². The number of hydrogen-bond donors (Lipinski definition) is 2. The van der Waals surface area contributed by atoms with Crippen LogP contribution < -0.4 is 5.32 Å². The molecule has 1 aromatic heterocycles. The van der Waals surface area contributed by atoms with Crippen LogP contribution in [0.15, 0.2) is 30.7 Å². The molecule has 0 saturated carbocycles. The van der Waals surface area contributed by atoms with Crippen LogP contribution in [0.3, 0.4) is 0 Å². The van der Waals surface area contributed by atoms with Crippen LogP contribution in [0.2, 0.25) is 10.0 Å². The number of ketones is 1. The van der Waals surface area contributed by atoms with Crippen LogP contribution in [0.1, 0.15) is 38.4 Å². The highest BCUT2D eigenvalue weighted by atomic mass is 35.5. The Morgan fingerprint density at radius 1 is 1.25 bits per heavy atom. The summed E-state index contributed by atoms with van der Waals surface area (Å²) in [7, 11) is 0. The van der Waals surface area contributed by atoms with Crippen LogP contribution in [0.25, 0.3) is 0 Å². The van der Waals surface area contributed by atoms with Gasteiger partial charge in [0, 0.05) is 18.3 Å². The lowest BCUT2D eigenvalue weighted by Gasteiger charge is -2.23. The molecule has 0 bridgehead atoms. The van der Waals surface area contributed by atoms with Crippen molar-refractivity contribution >= 4 is 35.0 Å². The zero-order chi connectivity index (χ0) is 20.8. The van der Waals surface area contributed by atoms with E-state index in [0.29, 0.717) is 23.0 Å². The lowest BCUT2D eigenvalue weighted by molar-refractivity contribution is -0.139. The molecule has 2 atom stereocenters. The van der Waals surface area contributed by atoms with Gasteiger partial charge in [0.05, 0.1) is 29.0 Å². The number of aliphatic carboxylic acids is 1. The van der Waals surface area contributed by atoms with Gasteiger partial charge in [0.1, 0.15) is 11.8 Å². The molecule has 0 aliphatic heterocycles. The molecule has 2 unspecified atom stereocenters. The molecule has 0 spiro atoms. The second-order valence-electron chi connectivity index (χ2n) is 7.28. The van der Waals surface area contributed by atoms with Crippen LogP contribution in [0, 0.1) is 5.92 Å². The van der Waals surface area contributed by atoms with E-state index in [-0.39, 0.29) is 18.1 Å². The summed E-state index contributed by atoms with van der Waals surface area (Å²) in [5.74, 6) is -0.811. The summed E-state index contributed by atoms with van der Waals surface area (Å²) in [6.07, 6.45) is 4.02. The summed E-state index contributed by atoms with van der Waals surface area (Å²) in [5.41, 5.74) is 1.54. The van der Waals surface area contributed by atoms with E-state index < -0.39 is 18.1 Å². The Morgan fingerprint density at radius 3 is 2.57 bits per heavy atom. The Balaban J connectivity index is 2.18.